The second-order valence-corrected chi connectivity index (χ2v) is 6.03. The molecule has 0 aromatic rings. The van der Waals surface area contributed by atoms with E-state index in [1.54, 1.807) is 0 Å². The Kier molecular flexibility index (Phi) is 4.86. The summed E-state index contributed by atoms with van der Waals surface area (Å²) in [6.45, 7) is 2.05. The average molecular weight is 178 g/mol. The van der Waals surface area contributed by atoms with Gasteiger partial charge in [-0.2, -0.15) is 0 Å². The van der Waals surface area contributed by atoms with Gasteiger partial charge in [-0.1, -0.05) is 0 Å². The molecule has 5 heteroatoms. The molecule has 1 unspecified atom stereocenters. The summed E-state index contributed by atoms with van der Waals surface area (Å²) in [7, 11) is -2.87. The van der Waals surface area contributed by atoms with E-state index in [2.05, 4.69) is 0 Å². The third-order valence-corrected chi connectivity index (χ3v) is 2.76. The Morgan fingerprint density at radius 1 is 1.36 bits per heavy atom. The fourth-order valence-corrected chi connectivity index (χ4v) is 1.73. The quantitative estimate of drug-likeness (QED) is 0.411. The van der Waals surface area contributed by atoms with Crippen LogP contribution in [0, 0.1) is 0 Å². The van der Waals surface area contributed by atoms with Crippen LogP contribution in [-0.2, 0) is 0 Å². The molecule has 0 fully saturated rings. The zero-order valence-corrected chi connectivity index (χ0v) is 7.95. The average Bonchev–Trinajstić information content (AvgIpc) is 1.83. The molecular formula is C6H18N2O2Si. The van der Waals surface area contributed by atoms with Crippen LogP contribution in [0.4, 0.5) is 0 Å². The van der Waals surface area contributed by atoms with Gasteiger partial charge in [0, 0.05) is 6.04 Å². The summed E-state index contributed by atoms with van der Waals surface area (Å²) in [6.07, 6.45) is 1.41. The molecule has 6 N–H and O–H groups in total. The SMILES string of the molecule is C[Si](O)(O)CCC(N)CCN. The second kappa shape index (κ2) is 4.84. The van der Waals surface area contributed by atoms with E-state index in [-0.39, 0.29) is 6.04 Å². The maximum Gasteiger partial charge on any atom is 0.329 e. The molecule has 0 heterocycles. The summed E-state index contributed by atoms with van der Waals surface area (Å²) >= 11 is 0. The third kappa shape index (κ3) is 7.96. The summed E-state index contributed by atoms with van der Waals surface area (Å²) in [6, 6.07) is 0.458. The summed E-state index contributed by atoms with van der Waals surface area (Å²) in [4.78, 5) is 18.1. The van der Waals surface area contributed by atoms with Gasteiger partial charge in [-0.25, -0.2) is 0 Å². The molecule has 0 radical (unpaired) electrons. The highest BCUT2D eigenvalue weighted by atomic mass is 28.4. The van der Waals surface area contributed by atoms with E-state index in [1.165, 1.54) is 6.55 Å². The first kappa shape index (κ1) is 11.1. The summed E-state index contributed by atoms with van der Waals surface area (Å²) < 4.78 is 0. The smallest absolute Gasteiger partial charge is 0.329 e. The van der Waals surface area contributed by atoms with E-state index in [4.69, 9.17) is 21.1 Å². The summed E-state index contributed by atoms with van der Waals surface area (Å²) in [5.41, 5.74) is 10.9. The van der Waals surface area contributed by atoms with Crippen molar-refractivity contribution in [1.29, 1.82) is 0 Å². The molecule has 0 bridgehead atoms. The van der Waals surface area contributed by atoms with Crippen molar-refractivity contribution in [1.82, 2.24) is 0 Å². The molecular weight excluding hydrogens is 160 g/mol. The van der Waals surface area contributed by atoms with Crippen LogP contribution in [0.15, 0.2) is 0 Å². The first-order valence-corrected chi connectivity index (χ1v) is 6.46. The van der Waals surface area contributed by atoms with Gasteiger partial charge in [-0.05, 0) is 32.0 Å². The van der Waals surface area contributed by atoms with E-state index in [9.17, 15) is 0 Å². The van der Waals surface area contributed by atoms with Crippen LogP contribution >= 0.6 is 0 Å². The number of hydrogen-bond acceptors (Lipinski definition) is 4. The molecule has 0 spiro atoms. The molecule has 68 valence electrons. The summed E-state index contributed by atoms with van der Waals surface area (Å²) in [5, 5.41) is 0. The molecule has 0 aromatic carbocycles. The topological polar surface area (TPSA) is 92.5 Å². The lowest BCUT2D eigenvalue weighted by atomic mass is 10.2. The monoisotopic (exact) mass is 178 g/mol. The van der Waals surface area contributed by atoms with Crippen molar-refractivity contribution >= 4 is 8.56 Å². The predicted octanol–water partition coefficient (Wildman–Crippen LogP) is -0.891. The van der Waals surface area contributed by atoms with Gasteiger partial charge in [0.1, 0.15) is 0 Å². The molecule has 0 aliphatic carbocycles. The van der Waals surface area contributed by atoms with Gasteiger partial charge in [0.25, 0.3) is 0 Å². The first-order chi connectivity index (χ1) is 4.95. The van der Waals surface area contributed by atoms with Gasteiger partial charge in [-0.3, -0.25) is 0 Å². The fraction of sp³-hybridized carbons (Fsp3) is 1.00. The van der Waals surface area contributed by atoms with Crippen LogP contribution in [0.1, 0.15) is 12.8 Å². The highest BCUT2D eigenvalue weighted by Gasteiger charge is 2.21. The largest absolute Gasteiger partial charge is 0.411 e. The van der Waals surface area contributed by atoms with Crippen molar-refractivity contribution < 1.29 is 9.59 Å². The highest BCUT2D eigenvalue weighted by Crippen LogP contribution is 2.07. The minimum absolute atomic E-state index is 0.0196. The van der Waals surface area contributed by atoms with E-state index in [0.717, 1.165) is 6.42 Å². The third-order valence-electron chi connectivity index (χ3n) is 1.53. The van der Waals surface area contributed by atoms with E-state index < -0.39 is 8.56 Å². The number of rotatable bonds is 5. The van der Waals surface area contributed by atoms with Crippen LogP contribution in [0.25, 0.3) is 0 Å². The zero-order valence-electron chi connectivity index (χ0n) is 6.95. The number of hydrogen-bond donors (Lipinski definition) is 4. The molecule has 11 heavy (non-hydrogen) atoms. The Hall–Kier alpha value is 0.0569. The lowest BCUT2D eigenvalue weighted by molar-refractivity contribution is 0.363. The van der Waals surface area contributed by atoms with Crippen LogP contribution in [0.3, 0.4) is 0 Å². The Morgan fingerprint density at radius 3 is 2.27 bits per heavy atom. The van der Waals surface area contributed by atoms with Crippen LogP contribution < -0.4 is 11.5 Å². The molecule has 0 aromatic heterocycles. The Morgan fingerprint density at radius 2 is 1.91 bits per heavy atom. The lowest BCUT2D eigenvalue weighted by Crippen LogP contribution is -2.33. The van der Waals surface area contributed by atoms with Gasteiger partial charge in [0.15, 0.2) is 0 Å². The Balaban J connectivity index is 3.38. The normalized spacial score (nSPS) is 15.0. The first-order valence-electron chi connectivity index (χ1n) is 3.86. The Bertz CT molecular complexity index is 105. The van der Waals surface area contributed by atoms with Gasteiger partial charge in [-0.15, -0.1) is 0 Å². The van der Waals surface area contributed by atoms with Crippen molar-refractivity contribution in [2.45, 2.75) is 31.5 Å². The van der Waals surface area contributed by atoms with Crippen LogP contribution in [0.5, 0.6) is 0 Å². The van der Waals surface area contributed by atoms with Crippen molar-refractivity contribution in [3.8, 4) is 0 Å². The molecule has 4 nitrogen and oxygen atoms in total. The molecule has 0 saturated carbocycles. The zero-order chi connectivity index (χ0) is 8.91. The van der Waals surface area contributed by atoms with Crippen molar-refractivity contribution in [2.75, 3.05) is 6.54 Å². The minimum atomic E-state index is -2.87. The van der Waals surface area contributed by atoms with Gasteiger partial charge >= 0.3 is 8.56 Å². The van der Waals surface area contributed by atoms with E-state index >= 15 is 0 Å². The van der Waals surface area contributed by atoms with Crippen molar-refractivity contribution in [3.63, 3.8) is 0 Å². The van der Waals surface area contributed by atoms with E-state index in [0.29, 0.717) is 19.0 Å². The second-order valence-electron chi connectivity index (χ2n) is 3.09. The molecule has 0 aliphatic rings. The number of nitrogens with two attached hydrogens (primary N) is 2. The maximum atomic E-state index is 9.04. The molecule has 0 aliphatic heterocycles. The highest BCUT2D eigenvalue weighted by molar-refractivity contribution is 6.63. The van der Waals surface area contributed by atoms with Crippen molar-refractivity contribution in [3.05, 3.63) is 0 Å². The molecule has 0 saturated heterocycles. The minimum Gasteiger partial charge on any atom is -0.411 e. The lowest BCUT2D eigenvalue weighted by Gasteiger charge is -2.15. The van der Waals surface area contributed by atoms with Crippen LogP contribution in [0.2, 0.25) is 12.6 Å². The molecule has 0 rings (SSSR count). The van der Waals surface area contributed by atoms with Gasteiger partial charge in [0.2, 0.25) is 0 Å². The van der Waals surface area contributed by atoms with Gasteiger partial charge in [0.05, 0.1) is 0 Å². The Labute approximate surface area is 68.5 Å². The molecule has 1 atom stereocenters. The molecule has 0 amide bonds. The standard InChI is InChI=1S/C6H18N2O2Si/c1-11(9,10)5-3-6(8)2-4-7/h6,9-10H,2-5,7-8H2,1H3. The van der Waals surface area contributed by atoms with Crippen LogP contribution in [-0.4, -0.2) is 30.7 Å². The van der Waals surface area contributed by atoms with E-state index in [1.807, 2.05) is 0 Å². The van der Waals surface area contributed by atoms with Crippen molar-refractivity contribution in [2.24, 2.45) is 11.5 Å². The fourth-order valence-electron chi connectivity index (χ4n) is 0.817. The maximum absolute atomic E-state index is 9.04. The predicted molar refractivity (Wildman–Crippen MR) is 47.1 cm³/mol. The van der Waals surface area contributed by atoms with Gasteiger partial charge < -0.3 is 21.1 Å². The summed E-state index contributed by atoms with van der Waals surface area (Å²) in [5.74, 6) is 0.